The van der Waals surface area contributed by atoms with Crippen molar-refractivity contribution in [1.29, 1.82) is 0 Å². The molecule has 1 N–H and O–H groups in total. The third kappa shape index (κ3) is 3.93. The van der Waals surface area contributed by atoms with Crippen molar-refractivity contribution in [2.45, 2.75) is 30.6 Å². The number of pyridine rings is 1. The lowest BCUT2D eigenvalue weighted by atomic mass is 10.2. The van der Waals surface area contributed by atoms with Crippen LogP contribution in [0.3, 0.4) is 0 Å². The summed E-state index contributed by atoms with van der Waals surface area (Å²) in [6.45, 7) is 2.04. The van der Waals surface area contributed by atoms with E-state index in [1.807, 2.05) is 18.2 Å². The lowest BCUT2D eigenvalue weighted by Crippen LogP contribution is -2.24. The molecular weight excluding hydrogens is 426 g/mol. The quantitative estimate of drug-likeness (QED) is 0.500. The first-order chi connectivity index (χ1) is 15.5. The van der Waals surface area contributed by atoms with Crippen molar-refractivity contribution in [1.82, 2.24) is 24.5 Å². The average molecular weight is 452 g/mol. The van der Waals surface area contributed by atoms with Gasteiger partial charge in [-0.15, -0.1) is 0 Å². The normalized spacial score (nSPS) is 15.1. The van der Waals surface area contributed by atoms with Crippen molar-refractivity contribution >= 4 is 32.3 Å². The van der Waals surface area contributed by atoms with Crippen molar-refractivity contribution in [3.63, 3.8) is 0 Å². The third-order valence-corrected chi connectivity index (χ3v) is 7.13. The summed E-state index contributed by atoms with van der Waals surface area (Å²) in [5.41, 5.74) is 2.27. The van der Waals surface area contributed by atoms with Crippen LogP contribution < -0.4 is 9.62 Å². The number of benzene rings is 1. The molecule has 9 nitrogen and oxygen atoms in total. The molecule has 3 aromatic heterocycles. The molecule has 0 atom stereocenters. The zero-order valence-electron chi connectivity index (χ0n) is 17.8. The van der Waals surface area contributed by atoms with Crippen molar-refractivity contribution in [3.8, 4) is 5.82 Å². The van der Waals surface area contributed by atoms with Crippen LogP contribution in [0.25, 0.3) is 16.7 Å². The average Bonchev–Trinajstić information content (AvgIpc) is 3.34. The monoisotopic (exact) mass is 451 g/mol. The summed E-state index contributed by atoms with van der Waals surface area (Å²) < 4.78 is 31.9. The van der Waals surface area contributed by atoms with Crippen LogP contribution >= 0.6 is 0 Å². The summed E-state index contributed by atoms with van der Waals surface area (Å²) in [5, 5.41) is 9.34. The molecule has 1 aromatic carbocycles. The van der Waals surface area contributed by atoms with E-state index in [9.17, 15) is 8.42 Å². The number of rotatable bonds is 5. The number of fused-ring (bicyclic) bond motifs is 1. The topological polar surface area (TPSA) is 97.9 Å². The molecule has 0 unspecified atom stereocenters. The van der Waals surface area contributed by atoms with Crippen LogP contribution in [-0.2, 0) is 17.1 Å². The lowest BCUT2D eigenvalue weighted by Gasteiger charge is -2.22. The van der Waals surface area contributed by atoms with Gasteiger partial charge in [-0.2, -0.15) is 10.2 Å². The second-order valence-corrected chi connectivity index (χ2v) is 9.69. The van der Waals surface area contributed by atoms with Gasteiger partial charge in [0.05, 0.1) is 29.8 Å². The van der Waals surface area contributed by atoms with Crippen molar-refractivity contribution in [2.75, 3.05) is 22.7 Å². The number of hydrogen-bond acceptors (Lipinski definition) is 6. The number of para-hydroxylation sites is 1. The van der Waals surface area contributed by atoms with E-state index < -0.39 is 10.0 Å². The molecule has 1 saturated heterocycles. The third-order valence-electron chi connectivity index (χ3n) is 5.81. The van der Waals surface area contributed by atoms with Crippen LogP contribution in [0.1, 0.15) is 25.7 Å². The summed E-state index contributed by atoms with van der Waals surface area (Å²) >= 11 is 0. The van der Waals surface area contributed by atoms with Crippen LogP contribution in [0, 0.1) is 0 Å². The minimum absolute atomic E-state index is 0.0682. The molecule has 5 rings (SSSR count). The van der Waals surface area contributed by atoms with E-state index in [1.165, 1.54) is 42.8 Å². The van der Waals surface area contributed by atoms with Gasteiger partial charge in [-0.1, -0.05) is 25.0 Å². The highest BCUT2D eigenvalue weighted by Gasteiger charge is 2.20. The van der Waals surface area contributed by atoms with Gasteiger partial charge in [-0.25, -0.2) is 18.1 Å². The molecule has 0 bridgehead atoms. The predicted octanol–water partition coefficient (Wildman–Crippen LogP) is 3.34. The molecular formula is C22H25N7O2S. The largest absolute Gasteiger partial charge is 0.371 e. The minimum atomic E-state index is -3.83. The van der Waals surface area contributed by atoms with Gasteiger partial charge in [-0.05, 0) is 25.0 Å². The summed E-state index contributed by atoms with van der Waals surface area (Å²) in [4.78, 5) is 6.82. The first-order valence-electron chi connectivity index (χ1n) is 10.7. The maximum atomic E-state index is 13.1. The standard InChI is InChI=1S/C22H25N7O2S/c1-27-22-17(14-24-27)7-6-8-20(22)26-32(30,31)19-15-25-29(16-19)21-13-18(9-10-23-21)28-11-4-2-3-5-12-28/h6-10,13-16,26H,2-5,11-12H2,1H3. The number of hydrogen-bond donors (Lipinski definition) is 1. The molecule has 0 saturated carbocycles. The Morgan fingerprint density at radius 1 is 1.00 bits per heavy atom. The molecule has 10 heteroatoms. The van der Waals surface area contributed by atoms with E-state index in [2.05, 4.69) is 24.8 Å². The van der Waals surface area contributed by atoms with Gasteiger partial charge < -0.3 is 4.90 Å². The van der Waals surface area contributed by atoms with Gasteiger partial charge >= 0.3 is 0 Å². The maximum Gasteiger partial charge on any atom is 0.265 e. The molecule has 0 aliphatic carbocycles. The second-order valence-electron chi connectivity index (χ2n) is 8.01. The molecule has 1 aliphatic rings. The molecule has 1 fully saturated rings. The number of nitrogens with zero attached hydrogens (tertiary/aromatic N) is 6. The zero-order valence-corrected chi connectivity index (χ0v) is 18.7. The Morgan fingerprint density at radius 3 is 2.62 bits per heavy atom. The van der Waals surface area contributed by atoms with E-state index in [4.69, 9.17) is 0 Å². The van der Waals surface area contributed by atoms with Gasteiger partial charge in [0.1, 0.15) is 4.90 Å². The first-order valence-corrected chi connectivity index (χ1v) is 12.2. The van der Waals surface area contributed by atoms with Crippen LogP contribution in [0.15, 0.2) is 60.0 Å². The van der Waals surface area contributed by atoms with Gasteiger partial charge in [0.25, 0.3) is 10.0 Å². The Bertz CT molecular complexity index is 1350. The Balaban J connectivity index is 1.42. The number of aromatic nitrogens is 5. The Kier molecular flexibility index (Phi) is 5.30. The fourth-order valence-corrected chi connectivity index (χ4v) is 5.14. The molecule has 4 aromatic rings. The van der Waals surface area contributed by atoms with Gasteiger partial charge in [0.2, 0.25) is 0 Å². The molecule has 0 radical (unpaired) electrons. The van der Waals surface area contributed by atoms with E-state index in [-0.39, 0.29) is 4.90 Å². The Morgan fingerprint density at radius 2 is 1.81 bits per heavy atom. The van der Waals surface area contributed by atoms with Crippen LogP contribution in [0.2, 0.25) is 0 Å². The van der Waals surface area contributed by atoms with E-state index in [1.54, 1.807) is 36.3 Å². The van der Waals surface area contributed by atoms with Crippen molar-refractivity contribution in [3.05, 3.63) is 55.1 Å². The van der Waals surface area contributed by atoms with Gasteiger partial charge in [0, 0.05) is 43.5 Å². The highest BCUT2D eigenvalue weighted by molar-refractivity contribution is 7.92. The van der Waals surface area contributed by atoms with Crippen LogP contribution in [0.4, 0.5) is 11.4 Å². The SMILES string of the molecule is Cn1ncc2cccc(NS(=O)(=O)c3cnn(-c4cc(N5CCCCCC5)ccn4)c3)c21. The van der Waals surface area contributed by atoms with Gasteiger partial charge in [0.15, 0.2) is 5.82 Å². The van der Waals surface area contributed by atoms with Crippen molar-refractivity contribution in [2.24, 2.45) is 7.05 Å². The molecule has 4 heterocycles. The summed E-state index contributed by atoms with van der Waals surface area (Å²) in [7, 11) is -2.06. The predicted molar refractivity (Wildman–Crippen MR) is 124 cm³/mol. The number of aryl methyl sites for hydroxylation is 1. The Labute approximate surface area is 186 Å². The van der Waals surface area contributed by atoms with Gasteiger partial charge in [-0.3, -0.25) is 9.40 Å². The van der Waals surface area contributed by atoms with E-state index in [0.717, 1.165) is 29.7 Å². The highest BCUT2D eigenvalue weighted by atomic mass is 32.2. The summed E-state index contributed by atoms with van der Waals surface area (Å²) in [6.07, 6.45) is 11.1. The van der Waals surface area contributed by atoms with Crippen LogP contribution in [0.5, 0.6) is 0 Å². The molecule has 0 amide bonds. The number of anilines is 2. The summed E-state index contributed by atoms with van der Waals surface area (Å²) in [6, 6.07) is 9.35. The molecule has 32 heavy (non-hydrogen) atoms. The smallest absolute Gasteiger partial charge is 0.265 e. The molecule has 0 spiro atoms. The highest BCUT2D eigenvalue weighted by Crippen LogP contribution is 2.26. The van der Waals surface area contributed by atoms with E-state index in [0.29, 0.717) is 11.5 Å². The first kappa shape index (κ1) is 20.5. The lowest BCUT2D eigenvalue weighted by molar-refractivity contribution is 0.601. The number of sulfonamides is 1. The van der Waals surface area contributed by atoms with Crippen LogP contribution in [-0.4, -0.2) is 46.1 Å². The zero-order chi connectivity index (χ0) is 22.1. The fraction of sp³-hybridized carbons (Fsp3) is 0.318. The Hall–Kier alpha value is -3.40. The fourth-order valence-electron chi connectivity index (χ4n) is 4.15. The van der Waals surface area contributed by atoms with E-state index >= 15 is 0 Å². The molecule has 166 valence electrons. The van der Waals surface area contributed by atoms with Crippen molar-refractivity contribution < 1.29 is 8.42 Å². The maximum absolute atomic E-state index is 13.1. The summed E-state index contributed by atoms with van der Waals surface area (Å²) in [5.74, 6) is 0.585. The molecule has 1 aliphatic heterocycles. The number of nitrogens with one attached hydrogen (secondary N) is 1. The minimum Gasteiger partial charge on any atom is -0.371 e. The second kappa shape index (κ2) is 8.27.